The van der Waals surface area contributed by atoms with Gasteiger partial charge in [-0.3, -0.25) is 14.9 Å². The van der Waals surface area contributed by atoms with Crippen molar-refractivity contribution < 1.29 is 27.1 Å². The van der Waals surface area contributed by atoms with Crippen molar-refractivity contribution in [3.8, 4) is 11.1 Å². The first-order chi connectivity index (χ1) is 20.1. The fourth-order valence-corrected chi connectivity index (χ4v) is 6.04. The summed E-state index contributed by atoms with van der Waals surface area (Å²) >= 11 is 0. The fourth-order valence-electron chi connectivity index (χ4n) is 6.04. The molecule has 3 aromatic rings. The second-order valence-corrected chi connectivity index (χ2v) is 11.6. The van der Waals surface area contributed by atoms with Crippen LogP contribution in [0.4, 0.5) is 17.6 Å². The summed E-state index contributed by atoms with van der Waals surface area (Å²) in [4.78, 5) is 15.4. The van der Waals surface area contributed by atoms with Crippen molar-refractivity contribution in [3.05, 3.63) is 76.4 Å². The van der Waals surface area contributed by atoms with Gasteiger partial charge in [-0.05, 0) is 85.0 Å². The van der Waals surface area contributed by atoms with Crippen LogP contribution in [-0.2, 0) is 17.5 Å². The molecule has 42 heavy (non-hydrogen) atoms. The van der Waals surface area contributed by atoms with E-state index in [1.165, 1.54) is 23.0 Å². The third kappa shape index (κ3) is 5.87. The molecule has 6 rings (SSSR count). The van der Waals surface area contributed by atoms with Gasteiger partial charge >= 0.3 is 6.18 Å². The molecular weight excluding hydrogens is 550 g/mol. The van der Waals surface area contributed by atoms with Crippen LogP contribution in [0.3, 0.4) is 0 Å². The Kier molecular flexibility index (Phi) is 7.44. The zero-order valence-corrected chi connectivity index (χ0v) is 23.3. The molecule has 2 aliphatic carbocycles. The van der Waals surface area contributed by atoms with Crippen LogP contribution >= 0.6 is 0 Å². The lowest BCUT2D eigenvalue weighted by Crippen LogP contribution is -2.30. The average molecular weight is 584 g/mol. The molecule has 3 aliphatic rings. The van der Waals surface area contributed by atoms with Crippen molar-refractivity contribution in [2.45, 2.75) is 70.3 Å². The number of carbonyl (C=O) groups excluding carboxylic acids is 1. The lowest BCUT2D eigenvalue weighted by atomic mass is 9.97. The molecule has 2 aromatic carbocycles. The molecule has 1 saturated heterocycles. The summed E-state index contributed by atoms with van der Waals surface area (Å²) in [6.45, 7) is 2.68. The third-order valence-corrected chi connectivity index (χ3v) is 8.45. The minimum absolute atomic E-state index is 0.0167. The van der Waals surface area contributed by atoms with Crippen molar-refractivity contribution in [1.82, 2.24) is 20.0 Å². The predicted molar refractivity (Wildman–Crippen MR) is 148 cm³/mol. The molecule has 1 amide bonds. The van der Waals surface area contributed by atoms with E-state index in [-0.39, 0.29) is 53.1 Å². The highest BCUT2D eigenvalue weighted by Crippen LogP contribution is 2.42. The maximum absolute atomic E-state index is 14.3. The number of benzene rings is 2. The number of alkyl halides is 3. The van der Waals surface area contributed by atoms with Gasteiger partial charge in [0.05, 0.1) is 18.6 Å². The Morgan fingerprint density at radius 1 is 1.14 bits per heavy atom. The zero-order chi connectivity index (χ0) is 29.6. The number of aromatic nitrogens is 2. The molecule has 222 valence electrons. The minimum Gasteiger partial charge on any atom is -0.463 e. The number of amides is 1. The molecule has 2 heterocycles. The number of nitrogens with zero attached hydrogens (tertiary/aromatic N) is 3. The molecule has 0 spiro atoms. The fraction of sp³-hybridized carbons (Fsp3) is 0.452. The molecule has 7 nitrogen and oxygen atoms in total. The van der Waals surface area contributed by atoms with E-state index in [0.29, 0.717) is 24.3 Å². The van der Waals surface area contributed by atoms with Gasteiger partial charge in [-0.2, -0.15) is 18.3 Å². The molecule has 1 aromatic heterocycles. The summed E-state index contributed by atoms with van der Waals surface area (Å²) in [7, 11) is 0. The van der Waals surface area contributed by atoms with Gasteiger partial charge in [0.2, 0.25) is 0 Å². The largest absolute Gasteiger partial charge is 0.463 e. The normalized spacial score (nSPS) is 18.4. The highest BCUT2D eigenvalue weighted by atomic mass is 19.4. The van der Waals surface area contributed by atoms with E-state index in [4.69, 9.17) is 10.1 Å². The predicted octanol–water partition coefficient (Wildman–Crippen LogP) is 6.78. The Bertz CT molecular complexity index is 1510. The number of hydrogen-bond donors (Lipinski definition) is 2. The van der Waals surface area contributed by atoms with Crippen LogP contribution in [0.2, 0.25) is 0 Å². The summed E-state index contributed by atoms with van der Waals surface area (Å²) < 4.78 is 63.4. The highest BCUT2D eigenvalue weighted by Gasteiger charge is 2.39. The topological polar surface area (TPSA) is 83.2 Å². The van der Waals surface area contributed by atoms with Crippen LogP contribution in [0.15, 0.2) is 42.6 Å². The number of nitrogens with one attached hydrogen (secondary N) is 2. The first-order valence-electron chi connectivity index (χ1n) is 14.4. The molecule has 3 fully saturated rings. The summed E-state index contributed by atoms with van der Waals surface area (Å²) in [6, 6.07) is 9.09. The van der Waals surface area contributed by atoms with Gasteiger partial charge in [0.15, 0.2) is 5.69 Å². The van der Waals surface area contributed by atoms with Gasteiger partial charge in [0.25, 0.3) is 11.9 Å². The van der Waals surface area contributed by atoms with Crippen LogP contribution in [0.25, 0.3) is 11.1 Å². The van der Waals surface area contributed by atoms with E-state index in [9.17, 15) is 22.4 Å². The third-order valence-electron chi connectivity index (χ3n) is 8.45. The van der Waals surface area contributed by atoms with Gasteiger partial charge in [-0.25, -0.2) is 4.39 Å². The van der Waals surface area contributed by atoms with Crippen molar-refractivity contribution >= 4 is 11.9 Å². The number of amidine groups is 1. The monoisotopic (exact) mass is 583 g/mol. The lowest BCUT2D eigenvalue weighted by molar-refractivity contribution is -0.141. The summed E-state index contributed by atoms with van der Waals surface area (Å²) in [5.41, 5.74) is 1.24. The number of carbonyl (C=O) groups is 1. The van der Waals surface area contributed by atoms with Crippen LogP contribution in [0.1, 0.15) is 83.4 Å². The number of rotatable bonds is 8. The van der Waals surface area contributed by atoms with Gasteiger partial charge < -0.3 is 15.0 Å². The molecule has 0 unspecified atom stereocenters. The van der Waals surface area contributed by atoms with Gasteiger partial charge in [0.1, 0.15) is 12.4 Å². The van der Waals surface area contributed by atoms with E-state index in [0.717, 1.165) is 44.1 Å². The Balaban J connectivity index is 1.38. The standard InChI is InChI=1S/C31H33F4N5O2/c1-18-12-21(8-9-26(18)32)27(20-6-7-20)37-29(41)23-14-19(16-39-10-11-42-30(39)36)13-22(15-23)25-17-40(24-4-2-3-5-24)38-28(25)31(33,34)35/h8-9,12-15,17,20,24,27,36H,2-7,10-11,16H2,1H3,(H,37,41)/t27-/m0/s1. The highest BCUT2D eigenvalue weighted by molar-refractivity contribution is 5.96. The van der Waals surface area contributed by atoms with E-state index < -0.39 is 17.8 Å². The minimum atomic E-state index is -4.68. The SMILES string of the molecule is Cc1cc([C@@H](NC(=O)c2cc(CN3CCOC3=N)cc(-c3cn(C4CCCC4)nc3C(F)(F)F)c2)C2CC2)ccc1F. The molecular formula is C31H33F4N5O2. The Labute approximate surface area is 241 Å². The average Bonchev–Trinajstić information content (AvgIpc) is 3.29. The number of hydrogen-bond acceptors (Lipinski definition) is 4. The molecule has 1 atom stereocenters. The van der Waals surface area contributed by atoms with E-state index in [1.807, 2.05) is 0 Å². The van der Waals surface area contributed by atoms with Crippen molar-refractivity contribution in [2.75, 3.05) is 13.2 Å². The number of ether oxygens (including phenoxy) is 1. The van der Waals surface area contributed by atoms with Crippen LogP contribution in [0.5, 0.6) is 0 Å². The molecule has 2 saturated carbocycles. The molecule has 1 aliphatic heterocycles. The Morgan fingerprint density at radius 2 is 1.90 bits per heavy atom. The quantitative estimate of drug-likeness (QED) is 0.287. The van der Waals surface area contributed by atoms with Crippen molar-refractivity contribution in [3.63, 3.8) is 0 Å². The first kappa shape index (κ1) is 28.2. The molecule has 2 N–H and O–H groups in total. The summed E-state index contributed by atoms with van der Waals surface area (Å²) in [5, 5.41) is 15.1. The van der Waals surface area contributed by atoms with E-state index in [2.05, 4.69) is 10.4 Å². The zero-order valence-electron chi connectivity index (χ0n) is 23.3. The Morgan fingerprint density at radius 3 is 2.55 bits per heavy atom. The first-order valence-corrected chi connectivity index (χ1v) is 14.4. The molecule has 11 heteroatoms. The molecule has 0 bridgehead atoms. The molecule has 0 radical (unpaired) electrons. The second-order valence-electron chi connectivity index (χ2n) is 11.6. The summed E-state index contributed by atoms with van der Waals surface area (Å²) in [6.07, 6.45) is 2.04. The van der Waals surface area contributed by atoms with Gasteiger partial charge in [-0.15, -0.1) is 0 Å². The number of aryl methyl sites for hydroxylation is 1. The van der Waals surface area contributed by atoms with E-state index in [1.54, 1.807) is 36.1 Å². The second kappa shape index (κ2) is 11.1. The number of halogens is 4. The van der Waals surface area contributed by atoms with Crippen LogP contribution in [0, 0.1) is 24.1 Å². The maximum atomic E-state index is 14.3. The van der Waals surface area contributed by atoms with Crippen LogP contribution in [-0.4, -0.2) is 39.8 Å². The van der Waals surface area contributed by atoms with Crippen molar-refractivity contribution in [1.29, 1.82) is 5.41 Å². The van der Waals surface area contributed by atoms with Crippen molar-refractivity contribution in [2.24, 2.45) is 5.92 Å². The summed E-state index contributed by atoms with van der Waals surface area (Å²) in [5.74, 6) is -0.557. The lowest BCUT2D eigenvalue weighted by Gasteiger charge is -2.21. The van der Waals surface area contributed by atoms with Crippen LogP contribution < -0.4 is 5.32 Å². The Hall–Kier alpha value is -3.89. The maximum Gasteiger partial charge on any atom is 0.435 e. The van der Waals surface area contributed by atoms with Gasteiger partial charge in [0, 0.05) is 23.9 Å². The van der Waals surface area contributed by atoms with Gasteiger partial charge in [-0.1, -0.05) is 25.0 Å². The smallest absolute Gasteiger partial charge is 0.435 e. The van der Waals surface area contributed by atoms with E-state index >= 15 is 0 Å².